The Labute approximate surface area is 137 Å². The Balaban J connectivity index is 1.46. The highest BCUT2D eigenvalue weighted by molar-refractivity contribution is 5.81. The minimum absolute atomic E-state index is 0.0476. The number of piperidine rings is 1. The summed E-state index contributed by atoms with van der Waals surface area (Å²) in [4.78, 5) is 14.4. The molecule has 0 radical (unpaired) electrons. The van der Waals surface area contributed by atoms with Crippen molar-refractivity contribution in [2.24, 2.45) is 5.73 Å². The lowest BCUT2D eigenvalue weighted by atomic mass is 10.1. The summed E-state index contributed by atoms with van der Waals surface area (Å²) in [5, 5.41) is 0. The van der Waals surface area contributed by atoms with Gasteiger partial charge in [-0.05, 0) is 31.9 Å². The second-order valence-electron chi connectivity index (χ2n) is 6.52. The van der Waals surface area contributed by atoms with Gasteiger partial charge in [0.25, 0.3) is 5.91 Å². The van der Waals surface area contributed by atoms with Gasteiger partial charge < -0.3 is 20.1 Å². The van der Waals surface area contributed by atoms with Crippen LogP contribution in [0.4, 0.5) is 0 Å². The number of likely N-dealkylation sites (tertiary alicyclic amines) is 1. The molecule has 3 rings (SSSR count). The minimum Gasteiger partial charge on any atom is -0.490 e. The molecule has 0 aromatic heterocycles. The van der Waals surface area contributed by atoms with Crippen LogP contribution in [-0.2, 0) is 9.53 Å². The molecule has 2 atom stereocenters. The van der Waals surface area contributed by atoms with Crippen LogP contribution in [0.5, 0.6) is 5.75 Å². The molecule has 1 aromatic rings. The van der Waals surface area contributed by atoms with Crippen molar-refractivity contribution in [3.8, 4) is 5.75 Å². The maximum atomic E-state index is 12.5. The predicted molar refractivity (Wildman–Crippen MR) is 88.4 cm³/mol. The van der Waals surface area contributed by atoms with E-state index in [1.165, 1.54) is 5.56 Å². The van der Waals surface area contributed by atoms with Gasteiger partial charge in [-0.15, -0.1) is 0 Å². The topological polar surface area (TPSA) is 64.8 Å². The molecule has 5 nitrogen and oxygen atoms in total. The molecule has 0 aliphatic carbocycles. The predicted octanol–water partition coefficient (Wildman–Crippen LogP) is 1.87. The van der Waals surface area contributed by atoms with Crippen LogP contribution < -0.4 is 10.5 Å². The Morgan fingerprint density at radius 3 is 2.52 bits per heavy atom. The highest BCUT2D eigenvalue weighted by Crippen LogP contribution is 2.24. The average Bonchev–Trinajstić information content (AvgIpc) is 3.06. The van der Waals surface area contributed by atoms with Gasteiger partial charge >= 0.3 is 0 Å². The number of nitrogens with two attached hydrogens (primary N) is 1. The van der Waals surface area contributed by atoms with Crippen LogP contribution in [0.25, 0.3) is 0 Å². The zero-order chi connectivity index (χ0) is 16.2. The van der Waals surface area contributed by atoms with Crippen molar-refractivity contribution in [1.82, 2.24) is 4.90 Å². The summed E-state index contributed by atoms with van der Waals surface area (Å²) in [6, 6.07) is 8.12. The van der Waals surface area contributed by atoms with Gasteiger partial charge in [0, 0.05) is 32.5 Å². The van der Waals surface area contributed by atoms with Crippen molar-refractivity contribution >= 4 is 5.91 Å². The molecule has 0 saturated carbocycles. The van der Waals surface area contributed by atoms with Crippen molar-refractivity contribution in [2.75, 3.05) is 19.6 Å². The standard InChI is InChI=1S/C18H26N2O3/c1-13-2-4-14(5-3-13)22-15-8-10-20(11-9-15)18(21)17-7-6-16(12-19)23-17/h2-5,15-17H,6-12,19H2,1H3/t16-,17+/m1/s1. The first-order chi connectivity index (χ1) is 11.2. The number of aryl methyl sites for hydroxylation is 1. The van der Waals surface area contributed by atoms with E-state index >= 15 is 0 Å². The van der Waals surface area contributed by atoms with Gasteiger partial charge in [-0.2, -0.15) is 0 Å². The fraction of sp³-hybridized carbons (Fsp3) is 0.611. The molecule has 2 heterocycles. The summed E-state index contributed by atoms with van der Waals surface area (Å²) in [7, 11) is 0. The number of nitrogens with zero attached hydrogens (tertiary/aromatic N) is 1. The Bertz CT molecular complexity index is 524. The molecule has 2 fully saturated rings. The van der Waals surface area contributed by atoms with Gasteiger partial charge in [0.15, 0.2) is 0 Å². The molecular weight excluding hydrogens is 292 g/mol. The second kappa shape index (κ2) is 7.32. The van der Waals surface area contributed by atoms with E-state index in [0.717, 1.165) is 44.5 Å². The Hall–Kier alpha value is -1.59. The molecule has 23 heavy (non-hydrogen) atoms. The summed E-state index contributed by atoms with van der Waals surface area (Å²) >= 11 is 0. The summed E-state index contributed by atoms with van der Waals surface area (Å²) in [5.74, 6) is 1.03. The molecule has 1 aromatic carbocycles. The van der Waals surface area contributed by atoms with Gasteiger partial charge in [-0.3, -0.25) is 4.79 Å². The van der Waals surface area contributed by atoms with E-state index in [4.69, 9.17) is 15.2 Å². The zero-order valence-electron chi connectivity index (χ0n) is 13.7. The largest absolute Gasteiger partial charge is 0.490 e. The van der Waals surface area contributed by atoms with E-state index in [-0.39, 0.29) is 24.2 Å². The minimum atomic E-state index is -0.293. The van der Waals surface area contributed by atoms with E-state index in [9.17, 15) is 4.79 Å². The van der Waals surface area contributed by atoms with Crippen LogP contribution in [0.2, 0.25) is 0 Å². The highest BCUT2D eigenvalue weighted by atomic mass is 16.5. The van der Waals surface area contributed by atoms with Crippen LogP contribution in [0, 0.1) is 6.92 Å². The van der Waals surface area contributed by atoms with Crippen molar-refractivity contribution in [3.05, 3.63) is 29.8 Å². The smallest absolute Gasteiger partial charge is 0.251 e. The lowest BCUT2D eigenvalue weighted by Crippen LogP contribution is -2.46. The molecule has 2 saturated heterocycles. The lowest BCUT2D eigenvalue weighted by Gasteiger charge is -2.33. The van der Waals surface area contributed by atoms with Crippen molar-refractivity contribution in [3.63, 3.8) is 0 Å². The molecule has 1 amide bonds. The van der Waals surface area contributed by atoms with Crippen LogP contribution in [0.15, 0.2) is 24.3 Å². The van der Waals surface area contributed by atoms with Gasteiger partial charge in [-0.1, -0.05) is 17.7 Å². The molecule has 2 aliphatic rings. The quantitative estimate of drug-likeness (QED) is 0.920. The van der Waals surface area contributed by atoms with E-state index in [1.54, 1.807) is 0 Å². The molecule has 0 unspecified atom stereocenters. The lowest BCUT2D eigenvalue weighted by molar-refractivity contribution is -0.144. The number of carbonyl (C=O) groups is 1. The average molecular weight is 318 g/mol. The second-order valence-corrected chi connectivity index (χ2v) is 6.52. The third-order valence-corrected chi connectivity index (χ3v) is 4.72. The monoisotopic (exact) mass is 318 g/mol. The van der Waals surface area contributed by atoms with Crippen LogP contribution in [0.1, 0.15) is 31.2 Å². The molecular formula is C18H26N2O3. The SMILES string of the molecule is Cc1ccc(OC2CCN(C(=O)[C@@H]3CC[C@H](CN)O3)CC2)cc1. The van der Waals surface area contributed by atoms with Gasteiger partial charge in [-0.25, -0.2) is 0 Å². The van der Waals surface area contributed by atoms with Gasteiger partial charge in [0.1, 0.15) is 18.0 Å². The first-order valence-corrected chi connectivity index (χ1v) is 8.53. The van der Waals surface area contributed by atoms with Crippen molar-refractivity contribution < 1.29 is 14.3 Å². The molecule has 0 bridgehead atoms. The molecule has 2 aliphatic heterocycles. The van der Waals surface area contributed by atoms with Crippen LogP contribution in [0.3, 0.4) is 0 Å². The van der Waals surface area contributed by atoms with Crippen LogP contribution >= 0.6 is 0 Å². The fourth-order valence-electron chi connectivity index (χ4n) is 3.27. The fourth-order valence-corrected chi connectivity index (χ4v) is 3.27. The molecule has 2 N–H and O–H groups in total. The number of rotatable bonds is 4. The third kappa shape index (κ3) is 4.03. The van der Waals surface area contributed by atoms with Crippen molar-refractivity contribution in [2.45, 2.75) is 50.9 Å². The van der Waals surface area contributed by atoms with Crippen LogP contribution in [-0.4, -0.2) is 48.8 Å². The first-order valence-electron chi connectivity index (χ1n) is 8.53. The summed E-state index contributed by atoms with van der Waals surface area (Å²) in [6.07, 6.45) is 3.35. The number of benzene rings is 1. The van der Waals surface area contributed by atoms with Gasteiger partial charge in [0.05, 0.1) is 6.10 Å². The summed E-state index contributed by atoms with van der Waals surface area (Å²) in [6.45, 7) is 4.04. The normalized spacial score (nSPS) is 25.6. The highest BCUT2D eigenvalue weighted by Gasteiger charge is 2.34. The van der Waals surface area contributed by atoms with E-state index in [2.05, 4.69) is 19.1 Å². The Morgan fingerprint density at radius 1 is 1.22 bits per heavy atom. The zero-order valence-corrected chi connectivity index (χ0v) is 13.7. The summed E-state index contributed by atoms with van der Waals surface area (Å²) in [5.41, 5.74) is 6.84. The number of amides is 1. The molecule has 5 heteroatoms. The first kappa shape index (κ1) is 16.3. The van der Waals surface area contributed by atoms with E-state index in [0.29, 0.717) is 6.54 Å². The summed E-state index contributed by atoms with van der Waals surface area (Å²) < 4.78 is 11.7. The maximum Gasteiger partial charge on any atom is 0.251 e. The Kier molecular flexibility index (Phi) is 5.18. The van der Waals surface area contributed by atoms with E-state index < -0.39 is 0 Å². The maximum absolute atomic E-state index is 12.5. The Morgan fingerprint density at radius 2 is 1.91 bits per heavy atom. The number of hydrogen-bond donors (Lipinski definition) is 1. The number of ether oxygens (including phenoxy) is 2. The van der Waals surface area contributed by atoms with E-state index in [1.807, 2.05) is 17.0 Å². The molecule has 0 spiro atoms. The molecule has 126 valence electrons. The van der Waals surface area contributed by atoms with Crippen molar-refractivity contribution in [1.29, 1.82) is 0 Å². The number of hydrogen-bond acceptors (Lipinski definition) is 4. The van der Waals surface area contributed by atoms with Gasteiger partial charge in [0.2, 0.25) is 0 Å². The third-order valence-electron chi connectivity index (χ3n) is 4.72. The number of carbonyl (C=O) groups excluding carboxylic acids is 1.